The van der Waals surface area contributed by atoms with Crippen molar-refractivity contribution in [2.45, 2.75) is 298 Å². The van der Waals surface area contributed by atoms with E-state index in [0.29, 0.717) is 32.1 Å². The second-order valence-electron chi connectivity index (χ2n) is 32.9. The Balaban J connectivity index is 1.90. The molecule has 2 aliphatic rings. The highest BCUT2D eigenvalue weighted by Gasteiger charge is 2.47. The summed E-state index contributed by atoms with van der Waals surface area (Å²) in [6, 6.07) is -26.9. The molecule has 3 heterocycles. The minimum atomic E-state index is -2.07. The minimum Gasteiger partial charge on any atom is -0.481 e. The van der Waals surface area contributed by atoms with E-state index in [1.165, 1.54) is 24.3 Å². The van der Waals surface area contributed by atoms with E-state index < -0.39 is 272 Å². The van der Waals surface area contributed by atoms with E-state index in [9.17, 15) is 122 Å². The Bertz CT molecular complexity index is 4030. The van der Waals surface area contributed by atoms with Gasteiger partial charge in [0.25, 0.3) is 0 Å². The van der Waals surface area contributed by atoms with Crippen LogP contribution in [0.3, 0.4) is 0 Å². The Morgan fingerprint density at radius 2 is 0.818 bits per heavy atom. The van der Waals surface area contributed by atoms with Crippen LogP contribution in [0, 0.1) is 5.92 Å². The quantitative estimate of drug-likeness (QED) is 0.0164. The summed E-state index contributed by atoms with van der Waals surface area (Å²) in [6.45, 7) is 5.92. The van der Waals surface area contributed by atoms with E-state index >= 15 is 0 Å². The zero-order valence-electron chi connectivity index (χ0n) is 75.5. The van der Waals surface area contributed by atoms with Crippen molar-refractivity contribution in [1.82, 2.24) is 94.2 Å². The minimum absolute atomic E-state index is 0.00130. The average Bonchev–Trinajstić information content (AvgIpc) is 1.64. The number of nitrogens with one attached hydrogen (secondary N) is 15. The number of nitrogens with zero attached hydrogens (tertiary/aromatic N) is 4. The summed E-state index contributed by atoms with van der Waals surface area (Å²) < 4.78 is 0. The molecule has 0 aliphatic carbocycles. The summed E-state index contributed by atoms with van der Waals surface area (Å²) in [5.41, 5.74) is 45.6. The molecule has 17 amide bonds. The van der Waals surface area contributed by atoms with Crippen LogP contribution in [0.2, 0.25) is 0 Å². The van der Waals surface area contributed by atoms with Gasteiger partial charge in [-0.3, -0.25) is 91.3 Å². The normalized spacial score (nSPS) is 17.4. The first-order valence-electron chi connectivity index (χ1n) is 44.2. The Labute approximate surface area is 763 Å². The third-order valence-corrected chi connectivity index (χ3v) is 21.6. The third kappa shape index (κ3) is 39.2. The molecule has 52 nitrogen and oxygen atoms in total. The number of primary amides is 1. The third-order valence-electron chi connectivity index (χ3n) is 21.6. The van der Waals surface area contributed by atoms with Gasteiger partial charge in [0.2, 0.25) is 100 Å². The molecular weight excluding hydrogens is 1740 g/mol. The molecule has 0 radical (unpaired) electrons. The van der Waals surface area contributed by atoms with Gasteiger partial charge >= 0.3 is 11.9 Å². The number of carbonyl (C=O) groups excluding carboxylic acids is 17. The number of unbranched alkanes of at least 4 members (excludes halogenated alkanes) is 4. The van der Waals surface area contributed by atoms with Crippen molar-refractivity contribution in [2.24, 2.45) is 56.8 Å². The molecule has 0 unspecified atom stereocenters. The van der Waals surface area contributed by atoms with Crippen molar-refractivity contribution in [1.29, 1.82) is 0 Å². The Morgan fingerprint density at radius 3 is 1.23 bits per heavy atom. The van der Waals surface area contributed by atoms with Crippen molar-refractivity contribution in [2.75, 3.05) is 59.0 Å². The molecule has 0 bridgehead atoms. The van der Waals surface area contributed by atoms with E-state index in [1.54, 1.807) is 13.8 Å². The lowest BCUT2D eigenvalue weighted by Gasteiger charge is -2.34. The van der Waals surface area contributed by atoms with Gasteiger partial charge in [0, 0.05) is 44.4 Å². The number of aliphatic imine (C=N–C) groups is 1. The SMILES string of the molecule is CC(C)[C@H](NC(=O)[C@H](CCCCN)NC(=O)[C@H](CCCN=C(N)N)NC(=O)[C@H](CCCCN)NC(=O)[C@H](CCCCN)NC(=O)[C@H](CCCCN)NC(=O)[C@@H]1CCCN1C(=O)[C@@H]1CCCN1C(=O)[C@@H](NC(=O)[C@H](CO)NC(=O)[C@H](Cc1cnc[nH]1)NC(=O)[C@H](CCC(N)=O)NC(=O)[C@H](CO)NC(=O)[C@H](CC(=O)O)NC(=O)[C@H](C)NC(=O)[C@@H](NC(=O)[C@H](C)N)[C@@H](C)O)[C@@H](C)O)C(=O)O. The van der Waals surface area contributed by atoms with Gasteiger partial charge in [-0.15, -0.1) is 0 Å². The number of aliphatic hydroxyl groups is 4. The zero-order valence-corrected chi connectivity index (χ0v) is 75.5. The molecule has 2 aliphatic heterocycles. The van der Waals surface area contributed by atoms with Crippen LogP contribution in [-0.4, -0.2) is 343 Å². The van der Waals surface area contributed by atoms with Gasteiger partial charge in [-0.05, 0) is 182 Å². The molecule has 0 aromatic carbocycles. The maximum atomic E-state index is 14.9. The van der Waals surface area contributed by atoms with Crippen molar-refractivity contribution >= 4 is 118 Å². The first-order chi connectivity index (χ1) is 62.4. The van der Waals surface area contributed by atoms with E-state index in [4.69, 9.17) is 45.9 Å². The van der Waals surface area contributed by atoms with Crippen LogP contribution >= 0.6 is 0 Å². The predicted molar refractivity (Wildman–Crippen MR) is 470 cm³/mol. The molecule has 744 valence electrons. The van der Waals surface area contributed by atoms with Crippen molar-refractivity contribution in [3.63, 3.8) is 0 Å². The number of rotatable bonds is 63. The maximum absolute atomic E-state index is 14.9. The fraction of sp³-hybridized carbons (Fsp3) is 0.713. The van der Waals surface area contributed by atoms with E-state index in [1.807, 2.05) is 5.32 Å². The number of guanidine groups is 1. The molecule has 132 heavy (non-hydrogen) atoms. The molecule has 0 spiro atoms. The number of H-pyrrole nitrogens is 1. The number of aliphatic hydroxyl groups excluding tert-OH is 4. The van der Waals surface area contributed by atoms with E-state index in [0.717, 1.165) is 25.7 Å². The van der Waals surface area contributed by atoms with E-state index in [-0.39, 0.29) is 141 Å². The highest BCUT2D eigenvalue weighted by molar-refractivity contribution is 6.02. The topological polar surface area (TPSA) is 870 Å². The molecule has 37 N–H and O–H groups in total. The van der Waals surface area contributed by atoms with Gasteiger partial charge in [0.15, 0.2) is 5.96 Å². The van der Waals surface area contributed by atoms with Gasteiger partial charge in [0.1, 0.15) is 96.7 Å². The number of hydrogen-bond donors (Lipinski definition) is 29. The molecule has 2 fully saturated rings. The number of aromatic amines is 1. The Hall–Kier alpha value is -11.9. The van der Waals surface area contributed by atoms with E-state index in [2.05, 4.69) is 84.1 Å². The first-order valence-corrected chi connectivity index (χ1v) is 44.2. The summed E-state index contributed by atoms with van der Waals surface area (Å²) >= 11 is 0. The van der Waals surface area contributed by atoms with Crippen molar-refractivity contribution in [3.8, 4) is 0 Å². The monoisotopic (exact) mass is 1880 g/mol. The van der Waals surface area contributed by atoms with Crippen molar-refractivity contribution in [3.05, 3.63) is 18.2 Å². The van der Waals surface area contributed by atoms with Gasteiger partial charge in [0.05, 0.1) is 44.2 Å². The largest absolute Gasteiger partial charge is 0.481 e. The summed E-state index contributed by atoms with van der Waals surface area (Å²) in [5, 5.41) is 95.6. The molecule has 52 heteroatoms. The molecule has 1 aromatic heterocycles. The number of carboxylic acids is 2. The molecule has 1 aromatic rings. The summed E-state index contributed by atoms with van der Waals surface area (Å²) in [6.07, 6.45) is -0.743. The van der Waals surface area contributed by atoms with Gasteiger partial charge in [-0.25, -0.2) is 9.78 Å². The standard InChI is InChI=1S/C80H139N27O25/c1-40(2)60(79(131)132)103-70(122)49(21-10-14-30-84)95-68(120)50(22-15-31-90-80(87)88)96-66(118)47(19-8-12-28-82)93-65(117)46(18-7-11-27-81)94-67(119)48(20-9-13-29-83)98-75(127)56-23-16-32-106(56)77(129)57-24-17-33-107(57)78(130)62(44(6)111)105-74(126)55(38-109)102-71(123)52(34-45-36-89-39-91-45)100-69(121)51(25-26-58(86)112)97-73(125)54(37-108)101-72(124)53(35-59(113)114)99-64(116)42(4)92-76(128)61(43(5)110)104-63(115)41(3)85/h36,39-44,46-57,60-62,108-111H,7-35,37-38,81-85H2,1-6H3,(H2,86,112)(H,89,91)(H,92,128)(H,93,117)(H,94,119)(H,95,120)(H,96,118)(H,97,125)(H,98,127)(H,99,116)(H,100,121)(H,101,124)(H,102,123)(H,103,122)(H,104,115)(H,105,126)(H,113,114)(H,131,132)(H4,87,88,90)/t41-,42-,43+,44+,46-,47-,48-,49-,50-,51-,52-,53-,54-,55-,56-,57-,60-,61-,62-/m0/s1. The fourth-order valence-corrected chi connectivity index (χ4v) is 14.1. The highest BCUT2D eigenvalue weighted by Crippen LogP contribution is 2.27. The summed E-state index contributed by atoms with van der Waals surface area (Å²) in [7, 11) is 0. The van der Waals surface area contributed by atoms with Crippen LogP contribution in [0.15, 0.2) is 17.5 Å². The number of amides is 17. The number of carboxylic acid groups (broad SMARTS) is 2. The lowest BCUT2D eigenvalue weighted by molar-refractivity contribution is -0.149. The predicted octanol–water partition coefficient (Wildman–Crippen LogP) is -12.1. The lowest BCUT2D eigenvalue weighted by atomic mass is 10.0. The highest BCUT2D eigenvalue weighted by atomic mass is 16.4. The molecule has 0 saturated carbocycles. The molecule has 19 atom stereocenters. The fourth-order valence-electron chi connectivity index (χ4n) is 14.1. The van der Waals surface area contributed by atoms with Gasteiger partial charge in [-0.2, -0.15) is 0 Å². The number of aliphatic carboxylic acids is 2. The number of aromatic nitrogens is 2. The van der Waals surface area contributed by atoms with Gasteiger partial charge in [-0.1, -0.05) is 13.8 Å². The first kappa shape index (κ1) is 114. The average molecular weight is 1880 g/mol. The van der Waals surface area contributed by atoms with Gasteiger partial charge < -0.3 is 166 Å². The molecular formula is C80H139N27O25. The number of nitrogens with two attached hydrogens (primary N) is 8. The second-order valence-corrected chi connectivity index (χ2v) is 32.9. The maximum Gasteiger partial charge on any atom is 0.326 e. The molecule has 3 rings (SSSR count). The van der Waals surface area contributed by atoms with Crippen LogP contribution in [0.5, 0.6) is 0 Å². The zero-order chi connectivity index (χ0) is 99.2. The Morgan fingerprint density at radius 1 is 0.439 bits per heavy atom. The second kappa shape index (κ2) is 59.5. The number of hydrogen-bond acceptors (Lipinski definition) is 30. The van der Waals surface area contributed by atoms with Crippen LogP contribution in [-0.2, 0) is 97.5 Å². The number of carbonyl (C=O) groups is 19. The van der Waals surface area contributed by atoms with Crippen LogP contribution in [0.4, 0.5) is 0 Å². The smallest absolute Gasteiger partial charge is 0.326 e. The summed E-state index contributed by atoms with van der Waals surface area (Å²) in [5.74, 6) is -21.4. The Kier molecular flexibility index (Phi) is 51.4. The van der Waals surface area contributed by atoms with Crippen LogP contribution < -0.4 is 120 Å². The van der Waals surface area contributed by atoms with Crippen molar-refractivity contribution < 1.29 is 122 Å². The lowest BCUT2D eigenvalue weighted by Crippen LogP contribution is -2.62. The number of likely N-dealkylation sites (tertiary alicyclic amines) is 2. The molecule has 2 saturated heterocycles. The van der Waals surface area contributed by atoms with Crippen LogP contribution in [0.25, 0.3) is 0 Å². The van der Waals surface area contributed by atoms with Crippen LogP contribution in [0.1, 0.15) is 182 Å². The number of imidazole rings is 1. The summed E-state index contributed by atoms with van der Waals surface area (Å²) in [4.78, 5) is 275.